The third-order valence-electron chi connectivity index (χ3n) is 5.22. The molecule has 3 aromatic rings. The highest BCUT2D eigenvalue weighted by molar-refractivity contribution is 5.80. The summed E-state index contributed by atoms with van der Waals surface area (Å²) in [5.41, 5.74) is 3.80. The minimum atomic E-state index is -0.173. The van der Waals surface area contributed by atoms with Crippen LogP contribution in [-0.4, -0.2) is 38.9 Å². The van der Waals surface area contributed by atoms with Gasteiger partial charge in [0.2, 0.25) is 11.9 Å². The van der Waals surface area contributed by atoms with Crippen molar-refractivity contribution in [1.29, 1.82) is 0 Å². The number of carbonyl (C=O) groups is 1. The summed E-state index contributed by atoms with van der Waals surface area (Å²) >= 11 is 0. The standard InChI is InChI=1S/C21H26N6O/c1-13-11-14(2)23-21(22-13)27-10-6-7-16(12-27)20(28)24-15(3)19-25-17-8-4-5-9-18(17)26-19/h4-5,8-9,11,15-16H,6-7,10,12H2,1-3H3,(H,24,28)(H,25,26)/t15-,16-/m1/s1. The van der Waals surface area contributed by atoms with Crippen molar-refractivity contribution >= 4 is 22.9 Å². The van der Waals surface area contributed by atoms with Gasteiger partial charge in [0.05, 0.1) is 23.0 Å². The molecule has 3 heterocycles. The van der Waals surface area contributed by atoms with Crippen molar-refractivity contribution in [3.8, 4) is 0 Å². The lowest BCUT2D eigenvalue weighted by Crippen LogP contribution is -2.44. The number of H-pyrrole nitrogens is 1. The van der Waals surface area contributed by atoms with Crippen LogP contribution in [0, 0.1) is 19.8 Å². The van der Waals surface area contributed by atoms with Crippen LogP contribution in [0.15, 0.2) is 30.3 Å². The van der Waals surface area contributed by atoms with Gasteiger partial charge in [-0.3, -0.25) is 4.79 Å². The van der Waals surface area contributed by atoms with Gasteiger partial charge in [0.1, 0.15) is 5.82 Å². The summed E-state index contributed by atoms with van der Waals surface area (Å²) < 4.78 is 0. The third kappa shape index (κ3) is 3.83. The van der Waals surface area contributed by atoms with Crippen molar-refractivity contribution in [3.63, 3.8) is 0 Å². The molecule has 0 saturated carbocycles. The SMILES string of the molecule is Cc1cc(C)nc(N2CCC[C@@H](C(=O)N[C@H](C)c3nc4ccccc4[nH]3)C2)n1. The van der Waals surface area contributed by atoms with Crippen LogP contribution in [0.1, 0.15) is 43.0 Å². The van der Waals surface area contributed by atoms with Gasteiger partial charge in [-0.2, -0.15) is 0 Å². The van der Waals surface area contributed by atoms with Crippen molar-refractivity contribution in [2.24, 2.45) is 5.92 Å². The molecule has 0 aliphatic carbocycles. The predicted molar refractivity (Wildman–Crippen MR) is 109 cm³/mol. The van der Waals surface area contributed by atoms with Gasteiger partial charge in [-0.15, -0.1) is 0 Å². The number of piperidine rings is 1. The molecule has 4 rings (SSSR count). The van der Waals surface area contributed by atoms with Crippen molar-refractivity contribution in [2.45, 2.75) is 39.7 Å². The van der Waals surface area contributed by atoms with Gasteiger partial charge in [-0.25, -0.2) is 15.0 Å². The first-order valence-electron chi connectivity index (χ1n) is 9.82. The van der Waals surface area contributed by atoms with Crippen LogP contribution in [0.2, 0.25) is 0 Å². The van der Waals surface area contributed by atoms with Gasteiger partial charge < -0.3 is 15.2 Å². The summed E-state index contributed by atoms with van der Waals surface area (Å²) in [6.45, 7) is 7.43. The number of rotatable bonds is 4. The van der Waals surface area contributed by atoms with E-state index in [4.69, 9.17) is 0 Å². The Hall–Kier alpha value is -2.96. The zero-order valence-electron chi connectivity index (χ0n) is 16.6. The number of nitrogens with zero attached hydrogens (tertiary/aromatic N) is 4. The van der Waals surface area contributed by atoms with E-state index in [1.807, 2.05) is 51.1 Å². The molecule has 7 nitrogen and oxygen atoms in total. The van der Waals surface area contributed by atoms with E-state index in [2.05, 4.69) is 30.2 Å². The fourth-order valence-corrected chi connectivity index (χ4v) is 3.80. The summed E-state index contributed by atoms with van der Waals surface area (Å²) in [6.07, 6.45) is 1.83. The Bertz CT molecular complexity index is 944. The average molecular weight is 378 g/mol. The minimum absolute atomic E-state index is 0.0574. The Morgan fingerprint density at radius 3 is 2.71 bits per heavy atom. The quantitative estimate of drug-likeness (QED) is 0.729. The highest BCUT2D eigenvalue weighted by Gasteiger charge is 2.28. The van der Waals surface area contributed by atoms with Crippen LogP contribution in [-0.2, 0) is 4.79 Å². The Morgan fingerprint density at radius 2 is 1.96 bits per heavy atom. The molecule has 2 aromatic heterocycles. The molecule has 1 aliphatic heterocycles. The van der Waals surface area contributed by atoms with Gasteiger partial charge in [-0.1, -0.05) is 12.1 Å². The van der Waals surface area contributed by atoms with Crippen LogP contribution in [0.25, 0.3) is 11.0 Å². The van der Waals surface area contributed by atoms with E-state index in [9.17, 15) is 4.79 Å². The number of benzene rings is 1. The Labute approximate surface area is 164 Å². The number of aryl methyl sites for hydroxylation is 2. The zero-order valence-corrected chi connectivity index (χ0v) is 16.6. The Morgan fingerprint density at radius 1 is 1.21 bits per heavy atom. The molecule has 2 atom stereocenters. The predicted octanol–water partition coefficient (Wildman–Crippen LogP) is 3.06. The van der Waals surface area contributed by atoms with Crippen LogP contribution in [0.5, 0.6) is 0 Å². The van der Waals surface area contributed by atoms with Crippen molar-refractivity contribution < 1.29 is 4.79 Å². The molecule has 1 aromatic carbocycles. The van der Waals surface area contributed by atoms with Crippen molar-refractivity contribution in [3.05, 3.63) is 47.5 Å². The Kier molecular flexibility index (Phi) is 4.98. The van der Waals surface area contributed by atoms with Gasteiger partial charge in [0, 0.05) is 24.5 Å². The normalized spacial score (nSPS) is 18.2. The van der Waals surface area contributed by atoms with Crippen LogP contribution in [0.3, 0.4) is 0 Å². The van der Waals surface area contributed by atoms with Crippen LogP contribution >= 0.6 is 0 Å². The number of aromatic amines is 1. The number of hydrogen-bond donors (Lipinski definition) is 2. The average Bonchev–Trinajstić information content (AvgIpc) is 3.12. The highest BCUT2D eigenvalue weighted by atomic mass is 16.2. The second-order valence-electron chi connectivity index (χ2n) is 7.61. The minimum Gasteiger partial charge on any atom is -0.346 e. The van der Waals surface area contributed by atoms with E-state index < -0.39 is 0 Å². The van der Waals surface area contributed by atoms with Crippen molar-refractivity contribution in [1.82, 2.24) is 25.3 Å². The first-order chi connectivity index (χ1) is 13.5. The number of para-hydroxylation sites is 2. The molecule has 0 spiro atoms. The lowest BCUT2D eigenvalue weighted by Gasteiger charge is -2.32. The number of carbonyl (C=O) groups excluding carboxylic acids is 1. The molecule has 0 bridgehead atoms. The maximum absolute atomic E-state index is 12.9. The summed E-state index contributed by atoms with van der Waals surface area (Å²) in [4.78, 5) is 32.0. The molecule has 1 aliphatic rings. The number of imidazole rings is 1. The van der Waals surface area contributed by atoms with E-state index in [-0.39, 0.29) is 17.9 Å². The van der Waals surface area contributed by atoms with Crippen LogP contribution in [0.4, 0.5) is 5.95 Å². The molecule has 0 radical (unpaired) electrons. The van der Waals surface area contributed by atoms with E-state index in [1.54, 1.807) is 0 Å². The second kappa shape index (κ2) is 7.58. The summed E-state index contributed by atoms with van der Waals surface area (Å²) in [6, 6.07) is 9.68. The molecule has 146 valence electrons. The number of fused-ring (bicyclic) bond motifs is 1. The van der Waals surface area contributed by atoms with Gasteiger partial charge in [-0.05, 0) is 51.8 Å². The van der Waals surface area contributed by atoms with Gasteiger partial charge >= 0.3 is 0 Å². The molecular weight excluding hydrogens is 352 g/mol. The maximum atomic E-state index is 12.9. The third-order valence-corrected chi connectivity index (χ3v) is 5.22. The van der Waals surface area contributed by atoms with E-state index in [0.29, 0.717) is 6.54 Å². The first-order valence-corrected chi connectivity index (χ1v) is 9.82. The second-order valence-corrected chi connectivity index (χ2v) is 7.61. The summed E-state index contributed by atoms with van der Waals surface area (Å²) in [5, 5.41) is 3.12. The molecule has 1 amide bonds. The lowest BCUT2D eigenvalue weighted by molar-refractivity contribution is -0.126. The van der Waals surface area contributed by atoms with Gasteiger partial charge in [0.15, 0.2) is 0 Å². The number of nitrogens with one attached hydrogen (secondary N) is 2. The molecule has 7 heteroatoms. The molecular formula is C21H26N6O. The van der Waals surface area contributed by atoms with E-state index in [0.717, 1.165) is 53.6 Å². The maximum Gasteiger partial charge on any atom is 0.225 e. The van der Waals surface area contributed by atoms with E-state index >= 15 is 0 Å². The first kappa shape index (κ1) is 18.4. The fourth-order valence-electron chi connectivity index (χ4n) is 3.80. The summed E-state index contributed by atoms with van der Waals surface area (Å²) in [5.74, 6) is 1.48. The number of anilines is 1. The number of aromatic nitrogens is 4. The molecule has 28 heavy (non-hydrogen) atoms. The lowest BCUT2D eigenvalue weighted by atomic mass is 9.97. The van der Waals surface area contributed by atoms with Crippen LogP contribution < -0.4 is 10.2 Å². The molecule has 1 fully saturated rings. The Balaban J connectivity index is 1.43. The molecule has 2 N–H and O–H groups in total. The van der Waals surface area contributed by atoms with Crippen molar-refractivity contribution in [2.75, 3.05) is 18.0 Å². The highest BCUT2D eigenvalue weighted by Crippen LogP contribution is 2.22. The number of hydrogen-bond acceptors (Lipinski definition) is 5. The molecule has 0 unspecified atom stereocenters. The van der Waals surface area contributed by atoms with Gasteiger partial charge in [0.25, 0.3) is 0 Å². The topological polar surface area (TPSA) is 86.8 Å². The monoisotopic (exact) mass is 378 g/mol. The largest absolute Gasteiger partial charge is 0.346 e. The molecule has 1 saturated heterocycles. The summed E-state index contributed by atoms with van der Waals surface area (Å²) in [7, 11) is 0. The zero-order chi connectivity index (χ0) is 19.7. The fraction of sp³-hybridized carbons (Fsp3) is 0.429. The number of amides is 1. The van der Waals surface area contributed by atoms with E-state index in [1.165, 1.54) is 0 Å². The smallest absolute Gasteiger partial charge is 0.225 e.